The molecule has 0 amide bonds. The highest BCUT2D eigenvalue weighted by molar-refractivity contribution is 7.89. The zero-order valence-electron chi connectivity index (χ0n) is 17.4. The van der Waals surface area contributed by atoms with Crippen LogP contribution >= 0.6 is 11.3 Å². The fraction of sp³-hybridized carbons (Fsp3) is 0.381. The summed E-state index contributed by atoms with van der Waals surface area (Å²) in [4.78, 5) is 11.9. The van der Waals surface area contributed by atoms with E-state index >= 15 is 0 Å². The topological polar surface area (TPSA) is 77.4 Å². The van der Waals surface area contributed by atoms with Crippen molar-refractivity contribution in [2.45, 2.75) is 44.6 Å². The van der Waals surface area contributed by atoms with Gasteiger partial charge in [-0.15, -0.1) is 0 Å². The van der Waals surface area contributed by atoms with Crippen molar-refractivity contribution in [1.82, 2.24) is 9.29 Å². The normalized spacial score (nSPS) is 13.2. The highest BCUT2D eigenvalue weighted by Gasteiger charge is 2.22. The second-order valence-corrected chi connectivity index (χ2v) is 10.2. The van der Waals surface area contributed by atoms with E-state index in [2.05, 4.69) is 18.6 Å². The third-order valence-electron chi connectivity index (χ3n) is 5.11. The SMILES string of the molecule is COc1cc(C)c(C(C)NS(=O)(=O)c2ccc3c(c2)sc(=O)n3C)cc1C(C)C. The molecule has 156 valence electrons. The number of rotatable bonds is 6. The van der Waals surface area contributed by atoms with Crippen molar-refractivity contribution in [3.63, 3.8) is 0 Å². The fourth-order valence-electron chi connectivity index (χ4n) is 3.46. The van der Waals surface area contributed by atoms with E-state index in [1.54, 1.807) is 26.3 Å². The van der Waals surface area contributed by atoms with Crippen LogP contribution in [0.15, 0.2) is 40.0 Å². The molecule has 0 spiro atoms. The van der Waals surface area contributed by atoms with Gasteiger partial charge in [0.2, 0.25) is 10.0 Å². The number of methoxy groups -OCH3 is 1. The number of aromatic nitrogens is 1. The molecule has 2 aromatic carbocycles. The van der Waals surface area contributed by atoms with Crippen molar-refractivity contribution in [2.24, 2.45) is 7.05 Å². The summed E-state index contributed by atoms with van der Waals surface area (Å²) in [6.07, 6.45) is 0. The van der Waals surface area contributed by atoms with Crippen molar-refractivity contribution in [2.75, 3.05) is 7.11 Å². The highest BCUT2D eigenvalue weighted by Crippen LogP contribution is 2.32. The van der Waals surface area contributed by atoms with Crippen LogP contribution in [0.5, 0.6) is 5.75 Å². The van der Waals surface area contributed by atoms with Gasteiger partial charge >= 0.3 is 4.87 Å². The van der Waals surface area contributed by atoms with Gasteiger partial charge in [0.15, 0.2) is 0 Å². The highest BCUT2D eigenvalue weighted by atomic mass is 32.2. The second kappa shape index (κ2) is 7.93. The molecule has 1 aromatic heterocycles. The van der Waals surface area contributed by atoms with E-state index in [0.29, 0.717) is 4.70 Å². The lowest BCUT2D eigenvalue weighted by Gasteiger charge is -2.21. The van der Waals surface area contributed by atoms with Gasteiger partial charge in [-0.1, -0.05) is 25.2 Å². The number of hydrogen-bond donors (Lipinski definition) is 1. The van der Waals surface area contributed by atoms with Crippen LogP contribution in [0.25, 0.3) is 10.2 Å². The van der Waals surface area contributed by atoms with Crippen LogP contribution < -0.4 is 14.3 Å². The molecule has 0 saturated heterocycles. The summed E-state index contributed by atoms with van der Waals surface area (Å²) in [7, 11) is -0.440. The van der Waals surface area contributed by atoms with Gasteiger partial charge in [0.25, 0.3) is 0 Å². The van der Waals surface area contributed by atoms with E-state index in [-0.39, 0.29) is 15.7 Å². The minimum atomic E-state index is -3.75. The van der Waals surface area contributed by atoms with E-state index in [4.69, 9.17) is 4.74 Å². The quantitative estimate of drug-likeness (QED) is 0.634. The van der Waals surface area contributed by atoms with Crippen molar-refractivity contribution >= 4 is 31.6 Å². The lowest BCUT2D eigenvalue weighted by atomic mass is 9.94. The van der Waals surface area contributed by atoms with E-state index in [1.807, 2.05) is 26.0 Å². The third kappa shape index (κ3) is 4.10. The Kier molecular flexibility index (Phi) is 5.89. The molecule has 8 heteroatoms. The van der Waals surface area contributed by atoms with Gasteiger partial charge in [0.1, 0.15) is 5.75 Å². The van der Waals surface area contributed by atoms with E-state index in [9.17, 15) is 13.2 Å². The number of ether oxygens (including phenoxy) is 1. The van der Waals surface area contributed by atoms with E-state index < -0.39 is 16.1 Å². The average molecular weight is 435 g/mol. The summed E-state index contributed by atoms with van der Waals surface area (Å²) in [5.41, 5.74) is 3.62. The summed E-state index contributed by atoms with van der Waals surface area (Å²) in [6.45, 7) is 7.93. The Bertz CT molecular complexity index is 1220. The first-order valence-electron chi connectivity index (χ1n) is 9.35. The lowest BCUT2D eigenvalue weighted by molar-refractivity contribution is 0.406. The first-order valence-corrected chi connectivity index (χ1v) is 11.7. The van der Waals surface area contributed by atoms with Gasteiger partial charge in [-0.3, -0.25) is 4.79 Å². The molecule has 1 heterocycles. The molecule has 0 fully saturated rings. The van der Waals surface area contributed by atoms with Gasteiger partial charge in [0.05, 0.1) is 22.2 Å². The number of aryl methyl sites for hydroxylation is 2. The van der Waals surface area contributed by atoms with Crippen molar-refractivity contribution in [3.05, 3.63) is 56.7 Å². The Morgan fingerprint density at radius 1 is 1.10 bits per heavy atom. The number of sulfonamides is 1. The van der Waals surface area contributed by atoms with Crippen LogP contribution in [0.1, 0.15) is 49.4 Å². The van der Waals surface area contributed by atoms with Gasteiger partial charge < -0.3 is 9.30 Å². The Labute approximate surface area is 175 Å². The first kappa shape index (κ1) is 21.5. The predicted octanol–water partition coefficient (Wildman–Crippen LogP) is 4.08. The molecule has 3 aromatic rings. The molecular weight excluding hydrogens is 408 g/mol. The van der Waals surface area contributed by atoms with Crippen LogP contribution in [0, 0.1) is 6.92 Å². The maximum absolute atomic E-state index is 13.0. The average Bonchev–Trinajstić information content (AvgIpc) is 2.94. The maximum Gasteiger partial charge on any atom is 0.307 e. The molecule has 0 saturated carbocycles. The summed E-state index contributed by atoms with van der Waals surface area (Å²) in [5.74, 6) is 1.05. The summed E-state index contributed by atoms with van der Waals surface area (Å²) in [5, 5.41) is 0. The lowest BCUT2D eigenvalue weighted by Crippen LogP contribution is -2.27. The first-order chi connectivity index (χ1) is 13.5. The van der Waals surface area contributed by atoms with Gasteiger partial charge in [-0.05, 0) is 66.8 Å². The summed E-state index contributed by atoms with van der Waals surface area (Å²) >= 11 is 1.04. The molecule has 0 bridgehead atoms. The Morgan fingerprint density at radius 2 is 1.79 bits per heavy atom. The van der Waals surface area contributed by atoms with Crippen molar-refractivity contribution < 1.29 is 13.2 Å². The minimum Gasteiger partial charge on any atom is -0.496 e. The zero-order valence-corrected chi connectivity index (χ0v) is 19.1. The summed E-state index contributed by atoms with van der Waals surface area (Å²) < 4.78 is 36.4. The van der Waals surface area contributed by atoms with Gasteiger partial charge in [-0.25, -0.2) is 13.1 Å². The monoisotopic (exact) mass is 434 g/mol. The molecule has 0 radical (unpaired) electrons. The molecule has 1 unspecified atom stereocenters. The Morgan fingerprint density at radius 3 is 2.41 bits per heavy atom. The van der Waals surface area contributed by atoms with Crippen LogP contribution in [0.2, 0.25) is 0 Å². The fourth-order valence-corrected chi connectivity index (χ4v) is 5.70. The number of nitrogens with one attached hydrogen (secondary N) is 1. The smallest absolute Gasteiger partial charge is 0.307 e. The van der Waals surface area contributed by atoms with Crippen molar-refractivity contribution in [1.29, 1.82) is 0 Å². The number of benzene rings is 2. The Balaban J connectivity index is 1.96. The standard InChI is InChI=1S/C21H26N2O4S2/c1-12(2)16-11-17(13(3)9-19(16)27-6)14(4)22-29(25,26)15-7-8-18-20(10-15)28-21(24)23(18)5/h7-12,14,22H,1-6H3. The van der Waals surface area contributed by atoms with Crippen LogP contribution in [-0.2, 0) is 17.1 Å². The molecule has 0 aliphatic rings. The van der Waals surface area contributed by atoms with Crippen LogP contribution in [0.4, 0.5) is 0 Å². The van der Waals surface area contributed by atoms with Crippen LogP contribution in [0.3, 0.4) is 0 Å². The van der Waals surface area contributed by atoms with Crippen LogP contribution in [-0.4, -0.2) is 20.1 Å². The Hall–Kier alpha value is -2.16. The molecule has 29 heavy (non-hydrogen) atoms. The molecule has 6 nitrogen and oxygen atoms in total. The number of nitrogens with zero attached hydrogens (tertiary/aromatic N) is 1. The molecule has 0 aliphatic carbocycles. The molecule has 3 rings (SSSR count). The third-order valence-corrected chi connectivity index (χ3v) is 7.65. The number of thiazole rings is 1. The number of fused-ring (bicyclic) bond motifs is 1. The molecule has 1 atom stereocenters. The van der Waals surface area contributed by atoms with E-state index in [1.165, 1.54) is 10.6 Å². The molecular formula is C21H26N2O4S2. The predicted molar refractivity (Wildman–Crippen MR) is 118 cm³/mol. The summed E-state index contributed by atoms with van der Waals surface area (Å²) in [6, 6.07) is 8.29. The second-order valence-electron chi connectivity index (χ2n) is 7.50. The maximum atomic E-state index is 13.0. The minimum absolute atomic E-state index is 0.119. The van der Waals surface area contributed by atoms with Gasteiger partial charge in [0, 0.05) is 13.1 Å². The van der Waals surface area contributed by atoms with Crippen molar-refractivity contribution in [3.8, 4) is 5.75 Å². The number of hydrogen-bond acceptors (Lipinski definition) is 5. The largest absolute Gasteiger partial charge is 0.496 e. The van der Waals surface area contributed by atoms with Gasteiger partial charge in [-0.2, -0.15) is 0 Å². The molecule has 1 N–H and O–H groups in total. The zero-order chi connectivity index (χ0) is 21.5. The molecule has 0 aliphatic heterocycles. The van der Waals surface area contributed by atoms with E-state index in [0.717, 1.165) is 39.3 Å².